The zero-order valence-corrected chi connectivity index (χ0v) is 15.2. The molecule has 2 N–H and O–H groups in total. The molecular weight excluding hydrogens is 368 g/mol. The van der Waals surface area contributed by atoms with Gasteiger partial charge in [-0.15, -0.1) is 0 Å². The van der Waals surface area contributed by atoms with Crippen molar-refractivity contribution >= 4 is 35.1 Å². The molecule has 2 aromatic carbocycles. The van der Waals surface area contributed by atoms with E-state index < -0.39 is 16.7 Å². The number of hydrogen-bond acceptors (Lipinski definition) is 7. The van der Waals surface area contributed by atoms with E-state index in [2.05, 4.69) is 15.8 Å². The summed E-state index contributed by atoms with van der Waals surface area (Å²) in [4.78, 5) is 38.6. The van der Waals surface area contributed by atoms with Crippen molar-refractivity contribution in [2.75, 3.05) is 24.4 Å². The van der Waals surface area contributed by atoms with Crippen LogP contribution < -0.4 is 15.4 Å². The Morgan fingerprint density at radius 2 is 2.00 bits per heavy atom. The number of methoxy groups -OCH3 is 1. The summed E-state index contributed by atoms with van der Waals surface area (Å²) >= 11 is 0. The van der Waals surface area contributed by atoms with Gasteiger partial charge in [0.15, 0.2) is 6.61 Å². The third-order valence-electron chi connectivity index (χ3n) is 3.40. The highest BCUT2D eigenvalue weighted by Crippen LogP contribution is 2.28. The third-order valence-corrected chi connectivity index (χ3v) is 3.40. The summed E-state index contributed by atoms with van der Waals surface area (Å²) in [6.45, 7) is 1.52. The summed E-state index contributed by atoms with van der Waals surface area (Å²) in [5, 5.41) is 19.3. The molecule has 0 saturated carbocycles. The largest absolute Gasteiger partial charge is 0.494 e. The summed E-state index contributed by atoms with van der Waals surface area (Å²) in [5.41, 5.74) is 1.67. The first-order chi connectivity index (χ1) is 13.4. The topological polar surface area (TPSA) is 132 Å². The first-order valence-corrected chi connectivity index (χ1v) is 8.04. The molecule has 2 amide bonds. The Bertz CT molecular complexity index is 913. The SMILES string of the molecule is COc1cc([N+](=O)[O-])ccc1NC(=O)/C=N\OCC(=O)Nc1cccc(C)c1. The normalized spacial score (nSPS) is 10.4. The number of amides is 2. The van der Waals surface area contributed by atoms with E-state index in [1.165, 1.54) is 25.3 Å². The van der Waals surface area contributed by atoms with Crippen molar-refractivity contribution in [2.24, 2.45) is 5.16 Å². The molecule has 0 atom stereocenters. The number of hydrogen-bond donors (Lipinski definition) is 2. The summed E-state index contributed by atoms with van der Waals surface area (Å²) in [6, 6.07) is 11.0. The molecule has 28 heavy (non-hydrogen) atoms. The fourth-order valence-corrected chi connectivity index (χ4v) is 2.16. The van der Waals surface area contributed by atoms with Crippen LogP contribution in [0.1, 0.15) is 5.56 Å². The lowest BCUT2D eigenvalue weighted by molar-refractivity contribution is -0.384. The molecule has 0 saturated heterocycles. The molecule has 0 bridgehead atoms. The highest BCUT2D eigenvalue weighted by atomic mass is 16.6. The van der Waals surface area contributed by atoms with Crippen molar-refractivity contribution in [1.82, 2.24) is 0 Å². The van der Waals surface area contributed by atoms with Gasteiger partial charge in [-0.05, 0) is 30.7 Å². The third kappa shape index (κ3) is 6.09. The number of oxime groups is 1. The van der Waals surface area contributed by atoms with Crippen molar-refractivity contribution in [3.05, 3.63) is 58.1 Å². The molecule has 0 aliphatic rings. The number of non-ortho nitro benzene ring substituents is 1. The van der Waals surface area contributed by atoms with E-state index in [1.807, 2.05) is 13.0 Å². The van der Waals surface area contributed by atoms with Gasteiger partial charge in [0.25, 0.3) is 17.5 Å². The number of anilines is 2. The van der Waals surface area contributed by atoms with Gasteiger partial charge in [-0.25, -0.2) is 0 Å². The minimum atomic E-state index is -0.661. The second-order valence-corrected chi connectivity index (χ2v) is 5.56. The van der Waals surface area contributed by atoms with Crippen molar-refractivity contribution in [2.45, 2.75) is 6.92 Å². The molecule has 10 nitrogen and oxygen atoms in total. The number of ether oxygens (including phenoxy) is 1. The van der Waals surface area contributed by atoms with Crippen LogP contribution in [0.15, 0.2) is 47.6 Å². The van der Waals surface area contributed by atoms with Gasteiger partial charge < -0.3 is 20.2 Å². The molecule has 0 aromatic heterocycles. The first-order valence-electron chi connectivity index (χ1n) is 8.04. The van der Waals surface area contributed by atoms with Crippen molar-refractivity contribution in [3.8, 4) is 5.75 Å². The van der Waals surface area contributed by atoms with E-state index in [0.717, 1.165) is 11.8 Å². The van der Waals surface area contributed by atoms with Gasteiger partial charge in [-0.2, -0.15) is 0 Å². The standard InChI is InChI=1S/C18H18N4O6/c1-12-4-3-5-13(8-12)20-18(24)11-28-19-10-17(23)21-15-7-6-14(22(25)26)9-16(15)27-2/h3-10H,11H2,1-2H3,(H,20,24)(H,21,23)/b19-10-. The maximum Gasteiger partial charge on any atom is 0.273 e. The maximum atomic E-state index is 11.8. The monoisotopic (exact) mass is 386 g/mol. The van der Waals surface area contributed by atoms with Gasteiger partial charge in [0.2, 0.25) is 0 Å². The summed E-state index contributed by atoms with van der Waals surface area (Å²) in [7, 11) is 1.32. The van der Waals surface area contributed by atoms with Crippen molar-refractivity contribution in [3.63, 3.8) is 0 Å². The van der Waals surface area contributed by atoms with Crippen molar-refractivity contribution < 1.29 is 24.1 Å². The number of nitro groups is 1. The molecule has 0 fully saturated rings. The van der Waals surface area contributed by atoms with Crippen LogP contribution in [0, 0.1) is 17.0 Å². The Balaban J connectivity index is 1.83. The van der Waals surface area contributed by atoms with E-state index in [1.54, 1.807) is 18.2 Å². The Morgan fingerprint density at radius 1 is 1.21 bits per heavy atom. The molecule has 0 aliphatic heterocycles. The molecule has 0 radical (unpaired) electrons. The summed E-state index contributed by atoms with van der Waals surface area (Å²) in [5.74, 6) is -0.971. The predicted octanol–water partition coefficient (Wildman–Crippen LogP) is 2.49. The van der Waals surface area contributed by atoms with Crippen LogP contribution in [-0.2, 0) is 14.4 Å². The zero-order valence-electron chi connectivity index (χ0n) is 15.2. The molecule has 0 spiro atoms. The average Bonchev–Trinajstić information content (AvgIpc) is 2.65. The van der Waals surface area contributed by atoms with Gasteiger partial charge in [-0.3, -0.25) is 19.7 Å². The van der Waals surface area contributed by atoms with Crippen LogP contribution in [0.3, 0.4) is 0 Å². The minimum absolute atomic E-state index is 0.120. The summed E-state index contributed by atoms with van der Waals surface area (Å²) < 4.78 is 5.01. The van der Waals surface area contributed by atoms with Crippen LogP contribution in [0.2, 0.25) is 0 Å². The second kappa shape index (κ2) is 9.67. The van der Waals surface area contributed by atoms with Crippen LogP contribution in [0.5, 0.6) is 5.75 Å². The minimum Gasteiger partial charge on any atom is -0.494 e. The lowest BCUT2D eigenvalue weighted by Gasteiger charge is -2.08. The number of carbonyl (C=O) groups excluding carboxylic acids is 2. The molecule has 146 valence electrons. The number of benzene rings is 2. The zero-order chi connectivity index (χ0) is 20.5. The van der Waals surface area contributed by atoms with Crippen LogP contribution in [0.25, 0.3) is 0 Å². The van der Waals surface area contributed by atoms with E-state index in [-0.39, 0.29) is 23.7 Å². The van der Waals surface area contributed by atoms with Crippen LogP contribution in [0.4, 0.5) is 17.1 Å². The number of rotatable bonds is 8. The smallest absolute Gasteiger partial charge is 0.273 e. The van der Waals surface area contributed by atoms with E-state index in [4.69, 9.17) is 9.57 Å². The van der Waals surface area contributed by atoms with Gasteiger partial charge in [0.1, 0.15) is 12.0 Å². The van der Waals surface area contributed by atoms with E-state index >= 15 is 0 Å². The van der Waals surface area contributed by atoms with Crippen LogP contribution >= 0.6 is 0 Å². The Labute approximate surface area is 160 Å². The Morgan fingerprint density at radius 3 is 2.68 bits per heavy atom. The molecule has 2 aromatic rings. The number of nitrogens with zero attached hydrogens (tertiary/aromatic N) is 2. The number of carbonyl (C=O) groups is 2. The van der Waals surface area contributed by atoms with Gasteiger partial charge in [0.05, 0.1) is 23.8 Å². The molecule has 0 unspecified atom stereocenters. The predicted molar refractivity (Wildman–Crippen MR) is 103 cm³/mol. The maximum absolute atomic E-state index is 11.8. The van der Waals surface area contributed by atoms with Crippen molar-refractivity contribution in [1.29, 1.82) is 0 Å². The number of aryl methyl sites for hydroxylation is 1. The molecule has 2 rings (SSSR count). The second-order valence-electron chi connectivity index (χ2n) is 5.56. The average molecular weight is 386 g/mol. The number of nitrogens with one attached hydrogen (secondary N) is 2. The molecule has 10 heteroatoms. The highest BCUT2D eigenvalue weighted by molar-refractivity contribution is 6.31. The fraction of sp³-hybridized carbons (Fsp3) is 0.167. The lowest BCUT2D eigenvalue weighted by atomic mass is 10.2. The van der Waals surface area contributed by atoms with Gasteiger partial charge in [0, 0.05) is 11.8 Å². The summed E-state index contributed by atoms with van der Waals surface area (Å²) in [6.07, 6.45) is 0.834. The molecule has 0 heterocycles. The first kappa shape index (κ1) is 20.4. The van der Waals surface area contributed by atoms with Crippen LogP contribution in [-0.4, -0.2) is 36.7 Å². The quantitative estimate of drug-likeness (QED) is 0.407. The molecule has 0 aliphatic carbocycles. The van der Waals surface area contributed by atoms with E-state index in [9.17, 15) is 19.7 Å². The van der Waals surface area contributed by atoms with Gasteiger partial charge in [-0.1, -0.05) is 17.3 Å². The van der Waals surface area contributed by atoms with Gasteiger partial charge >= 0.3 is 0 Å². The Kier molecular flexibility index (Phi) is 7.03. The van der Waals surface area contributed by atoms with E-state index in [0.29, 0.717) is 5.69 Å². The Hall–Kier alpha value is -3.95. The fourth-order valence-electron chi connectivity index (χ4n) is 2.16. The highest BCUT2D eigenvalue weighted by Gasteiger charge is 2.12. The lowest BCUT2D eigenvalue weighted by Crippen LogP contribution is -2.18. The number of nitro benzene ring substituents is 1. The molecular formula is C18H18N4O6.